The molecule has 1 aliphatic rings. The molecule has 0 saturated heterocycles. The van der Waals surface area contributed by atoms with Gasteiger partial charge in [-0.3, -0.25) is 4.79 Å². The number of hydrogen-bond acceptors (Lipinski definition) is 3. The molecule has 84 valence electrons. The lowest BCUT2D eigenvalue weighted by Crippen LogP contribution is -2.16. The fraction of sp³-hybridized carbons (Fsp3) is 0.0714. The van der Waals surface area contributed by atoms with Crippen LogP contribution in [0.1, 0.15) is 0 Å². The lowest BCUT2D eigenvalue weighted by atomic mass is 10.1. The average Bonchev–Trinajstić information content (AvgIpc) is 2.80. The molecule has 0 aliphatic heterocycles. The predicted molar refractivity (Wildman–Crippen MR) is 64.5 cm³/mol. The van der Waals surface area contributed by atoms with Gasteiger partial charge in [0, 0.05) is 10.6 Å². The zero-order chi connectivity index (χ0) is 11.9. The highest BCUT2D eigenvalue weighted by atomic mass is 16.3. The van der Waals surface area contributed by atoms with Crippen LogP contribution in [0.4, 0.5) is 0 Å². The van der Waals surface area contributed by atoms with E-state index in [1.807, 2.05) is 24.3 Å². The zero-order valence-corrected chi connectivity index (χ0v) is 8.96. The fourth-order valence-corrected chi connectivity index (χ4v) is 2.11. The summed E-state index contributed by atoms with van der Waals surface area (Å²) in [5.74, 6) is 0. The number of furan rings is 1. The van der Waals surface area contributed by atoms with Crippen LogP contribution in [0.3, 0.4) is 0 Å². The van der Waals surface area contributed by atoms with E-state index >= 15 is 0 Å². The van der Waals surface area contributed by atoms with Gasteiger partial charge >= 0.3 is 0 Å². The summed E-state index contributed by atoms with van der Waals surface area (Å²) in [5, 5.41) is 12.0. The van der Waals surface area contributed by atoms with E-state index < -0.39 is 5.60 Å². The van der Waals surface area contributed by atoms with Crippen LogP contribution in [0.25, 0.3) is 23.1 Å². The summed E-state index contributed by atoms with van der Waals surface area (Å²) < 4.78 is 5.62. The van der Waals surface area contributed by atoms with E-state index in [1.165, 1.54) is 12.2 Å². The SMILES string of the molecule is O=CC=CC1(O)C=c2oc3ccccc3c2=C1. The van der Waals surface area contributed by atoms with Gasteiger partial charge in [-0.05, 0) is 30.4 Å². The third-order valence-corrected chi connectivity index (χ3v) is 2.84. The van der Waals surface area contributed by atoms with Crippen molar-refractivity contribution in [2.75, 3.05) is 0 Å². The van der Waals surface area contributed by atoms with E-state index in [0.29, 0.717) is 11.7 Å². The van der Waals surface area contributed by atoms with Gasteiger partial charge in [0.2, 0.25) is 0 Å². The van der Waals surface area contributed by atoms with Crippen molar-refractivity contribution in [1.29, 1.82) is 0 Å². The molecule has 3 rings (SSSR count). The highest BCUT2D eigenvalue weighted by molar-refractivity contribution is 5.83. The van der Waals surface area contributed by atoms with E-state index in [1.54, 1.807) is 12.2 Å². The maximum absolute atomic E-state index is 10.3. The number of hydrogen-bond donors (Lipinski definition) is 1. The second-order valence-electron chi connectivity index (χ2n) is 4.05. The van der Waals surface area contributed by atoms with Crippen LogP contribution < -0.4 is 10.6 Å². The Morgan fingerprint density at radius 3 is 2.88 bits per heavy atom. The van der Waals surface area contributed by atoms with Crippen molar-refractivity contribution < 1.29 is 14.3 Å². The first-order valence-corrected chi connectivity index (χ1v) is 5.30. The Balaban J connectivity index is 2.27. The maximum atomic E-state index is 10.3. The van der Waals surface area contributed by atoms with Gasteiger partial charge in [0.25, 0.3) is 0 Å². The normalized spacial score (nSPS) is 22.4. The van der Waals surface area contributed by atoms with Crippen LogP contribution in [0.5, 0.6) is 0 Å². The molecular formula is C14H10O3. The monoisotopic (exact) mass is 226 g/mol. The Labute approximate surface area is 97.0 Å². The molecule has 0 bridgehead atoms. The summed E-state index contributed by atoms with van der Waals surface area (Å²) >= 11 is 0. The standard InChI is InChI=1S/C14H10O3/c15-7-3-6-14(16)8-11-10-4-1-2-5-12(10)17-13(11)9-14/h1-9,16H. The Hall–Kier alpha value is -2.13. The number of carbonyl (C=O) groups excluding carboxylic acids is 1. The van der Waals surface area contributed by atoms with Crippen molar-refractivity contribution in [3.8, 4) is 0 Å². The minimum atomic E-state index is -1.22. The minimum Gasteiger partial charge on any atom is -0.456 e. The van der Waals surface area contributed by atoms with E-state index in [9.17, 15) is 9.90 Å². The Bertz CT molecular complexity index is 736. The van der Waals surface area contributed by atoms with Crippen molar-refractivity contribution in [3.63, 3.8) is 0 Å². The van der Waals surface area contributed by atoms with Crippen LogP contribution in [-0.2, 0) is 4.79 Å². The molecule has 0 fully saturated rings. The maximum Gasteiger partial charge on any atom is 0.142 e. The lowest BCUT2D eigenvalue weighted by Gasteiger charge is -2.10. The van der Waals surface area contributed by atoms with Gasteiger partial charge in [0.05, 0.1) is 0 Å². The number of para-hydroxylation sites is 1. The van der Waals surface area contributed by atoms with Gasteiger partial charge in [-0.15, -0.1) is 0 Å². The number of aldehydes is 1. The second-order valence-corrected chi connectivity index (χ2v) is 4.05. The van der Waals surface area contributed by atoms with Crippen LogP contribution >= 0.6 is 0 Å². The van der Waals surface area contributed by atoms with Crippen LogP contribution in [0.15, 0.2) is 40.8 Å². The van der Waals surface area contributed by atoms with E-state index in [4.69, 9.17) is 4.42 Å². The highest BCUT2D eigenvalue weighted by Gasteiger charge is 2.23. The number of aliphatic hydroxyl groups is 1. The van der Waals surface area contributed by atoms with Gasteiger partial charge in [-0.25, -0.2) is 0 Å². The first-order chi connectivity index (χ1) is 8.22. The predicted octanol–water partition coefficient (Wildman–Crippen LogP) is 0.494. The third kappa shape index (κ3) is 1.52. The molecular weight excluding hydrogens is 216 g/mol. The molecule has 1 atom stereocenters. The molecule has 1 aromatic heterocycles. The molecule has 2 aromatic rings. The molecule has 3 heteroatoms. The number of allylic oxidation sites excluding steroid dienone is 1. The van der Waals surface area contributed by atoms with E-state index in [0.717, 1.165) is 16.2 Å². The first kappa shape index (κ1) is 10.1. The number of carbonyl (C=O) groups is 1. The van der Waals surface area contributed by atoms with Gasteiger partial charge in [0.1, 0.15) is 22.9 Å². The molecule has 0 saturated carbocycles. The van der Waals surface area contributed by atoms with Crippen molar-refractivity contribution in [2.24, 2.45) is 0 Å². The van der Waals surface area contributed by atoms with E-state index in [-0.39, 0.29) is 0 Å². The largest absolute Gasteiger partial charge is 0.456 e. The summed E-state index contributed by atoms with van der Waals surface area (Å²) in [4.78, 5) is 10.3. The molecule has 1 unspecified atom stereocenters. The van der Waals surface area contributed by atoms with Gasteiger partial charge in [-0.1, -0.05) is 18.2 Å². The number of benzene rings is 1. The minimum absolute atomic E-state index is 0.637. The lowest BCUT2D eigenvalue weighted by molar-refractivity contribution is -0.104. The van der Waals surface area contributed by atoms with Gasteiger partial charge in [-0.2, -0.15) is 0 Å². The molecule has 1 N–H and O–H groups in total. The average molecular weight is 226 g/mol. The Morgan fingerprint density at radius 1 is 1.24 bits per heavy atom. The zero-order valence-electron chi connectivity index (χ0n) is 8.96. The second kappa shape index (κ2) is 3.43. The molecule has 1 aliphatic carbocycles. The fourth-order valence-electron chi connectivity index (χ4n) is 2.11. The first-order valence-electron chi connectivity index (χ1n) is 5.30. The summed E-state index contributed by atoms with van der Waals surface area (Å²) in [6.07, 6.45) is 6.64. The summed E-state index contributed by atoms with van der Waals surface area (Å²) in [6, 6.07) is 7.65. The number of rotatable bonds is 2. The Kier molecular flexibility index (Phi) is 2.03. The van der Waals surface area contributed by atoms with Crippen LogP contribution in [-0.4, -0.2) is 17.0 Å². The van der Waals surface area contributed by atoms with Gasteiger partial charge < -0.3 is 9.52 Å². The smallest absolute Gasteiger partial charge is 0.142 e. The van der Waals surface area contributed by atoms with Crippen molar-refractivity contribution in [2.45, 2.75) is 5.60 Å². The molecule has 17 heavy (non-hydrogen) atoms. The third-order valence-electron chi connectivity index (χ3n) is 2.84. The summed E-state index contributed by atoms with van der Waals surface area (Å²) in [6.45, 7) is 0. The Morgan fingerprint density at radius 2 is 2.06 bits per heavy atom. The van der Waals surface area contributed by atoms with Crippen molar-refractivity contribution in [3.05, 3.63) is 47.1 Å². The topological polar surface area (TPSA) is 50.4 Å². The molecule has 0 amide bonds. The van der Waals surface area contributed by atoms with E-state index in [2.05, 4.69) is 0 Å². The summed E-state index contributed by atoms with van der Waals surface area (Å²) in [7, 11) is 0. The molecule has 3 nitrogen and oxygen atoms in total. The van der Waals surface area contributed by atoms with Crippen molar-refractivity contribution in [1.82, 2.24) is 0 Å². The van der Waals surface area contributed by atoms with Gasteiger partial charge in [0.15, 0.2) is 0 Å². The molecule has 1 aromatic carbocycles. The van der Waals surface area contributed by atoms with Crippen molar-refractivity contribution >= 4 is 29.4 Å². The molecule has 0 spiro atoms. The highest BCUT2D eigenvalue weighted by Crippen LogP contribution is 2.17. The molecule has 0 radical (unpaired) electrons. The quantitative estimate of drug-likeness (QED) is 0.599. The van der Waals surface area contributed by atoms with Crippen LogP contribution in [0, 0.1) is 0 Å². The van der Waals surface area contributed by atoms with Crippen LogP contribution in [0.2, 0.25) is 0 Å². The molecule has 1 heterocycles. The summed E-state index contributed by atoms with van der Waals surface area (Å²) in [5.41, 5.74) is 0.217. The number of fused-ring (bicyclic) bond motifs is 3.